The Morgan fingerprint density at radius 2 is 1.50 bits per heavy atom. The summed E-state index contributed by atoms with van der Waals surface area (Å²) < 4.78 is 52.3. The lowest BCUT2D eigenvalue weighted by atomic mass is 10.1. The van der Waals surface area contributed by atoms with Gasteiger partial charge >= 0.3 is 6.36 Å². The number of hydrogen-bond donors (Lipinski definition) is 0. The van der Waals surface area contributed by atoms with Crippen molar-refractivity contribution in [3.05, 3.63) is 53.7 Å². The lowest BCUT2D eigenvalue weighted by Gasteiger charge is -2.13. The Labute approximate surface area is 138 Å². The van der Waals surface area contributed by atoms with E-state index in [1.54, 1.807) is 38.2 Å². The molecule has 2 aromatic heterocycles. The van der Waals surface area contributed by atoms with Gasteiger partial charge < -0.3 is 4.74 Å². The molecule has 2 aromatic rings. The fourth-order valence-corrected chi connectivity index (χ4v) is 1.86. The molecular weight excluding hydrogens is 324 g/mol. The van der Waals surface area contributed by atoms with E-state index in [1.807, 2.05) is 13.8 Å². The van der Waals surface area contributed by atoms with Crippen LogP contribution in [0, 0.1) is 5.82 Å². The van der Waals surface area contributed by atoms with Crippen LogP contribution < -0.4 is 4.74 Å². The highest BCUT2D eigenvalue weighted by Gasteiger charge is 2.33. The van der Waals surface area contributed by atoms with E-state index in [0.717, 1.165) is 0 Å². The molecule has 132 valence electrons. The zero-order valence-corrected chi connectivity index (χ0v) is 13.9. The summed E-state index contributed by atoms with van der Waals surface area (Å²) in [5, 5.41) is 0. The van der Waals surface area contributed by atoms with Crippen molar-refractivity contribution in [1.82, 2.24) is 9.97 Å². The predicted octanol–water partition coefficient (Wildman–Crippen LogP) is 5.45. The second kappa shape index (κ2) is 8.61. The Morgan fingerprint density at radius 1 is 0.917 bits per heavy atom. The minimum Gasteiger partial charge on any atom is -0.388 e. The number of hydrogen-bond acceptors (Lipinski definition) is 3. The molecule has 0 fully saturated rings. The van der Waals surface area contributed by atoms with Gasteiger partial charge in [-0.3, -0.25) is 4.98 Å². The number of halogens is 4. The molecule has 2 rings (SSSR count). The number of alkyl halides is 3. The van der Waals surface area contributed by atoms with Crippen LogP contribution in [0.15, 0.2) is 36.7 Å². The summed E-state index contributed by atoms with van der Waals surface area (Å²) in [6.07, 6.45) is -1.80. The lowest BCUT2D eigenvalue weighted by molar-refractivity contribution is -0.276. The highest BCUT2D eigenvalue weighted by atomic mass is 19.4. The average molecular weight is 344 g/mol. The first-order valence-corrected chi connectivity index (χ1v) is 7.43. The van der Waals surface area contributed by atoms with Gasteiger partial charge in [0.2, 0.25) is 5.88 Å². The molecular formula is C17H20F4N2O. The summed E-state index contributed by atoms with van der Waals surface area (Å²) >= 11 is 0. The van der Waals surface area contributed by atoms with Crippen LogP contribution in [-0.2, 0) is 0 Å². The maximum absolute atomic E-state index is 12.8. The van der Waals surface area contributed by atoms with E-state index in [-0.39, 0.29) is 23.5 Å². The van der Waals surface area contributed by atoms with Gasteiger partial charge in [-0.15, -0.1) is 13.2 Å². The molecule has 0 aliphatic carbocycles. The Kier molecular flexibility index (Phi) is 7.13. The Balaban J connectivity index is 0.000000254. The molecule has 0 amide bonds. The molecule has 0 saturated heterocycles. The number of pyridine rings is 2. The minimum absolute atomic E-state index is 0.0546. The number of rotatable bonds is 3. The maximum atomic E-state index is 12.8. The molecule has 3 nitrogen and oxygen atoms in total. The van der Waals surface area contributed by atoms with Gasteiger partial charge in [-0.1, -0.05) is 33.8 Å². The number of aromatic nitrogens is 2. The predicted molar refractivity (Wildman–Crippen MR) is 83.3 cm³/mol. The van der Waals surface area contributed by atoms with E-state index in [0.29, 0.717) is 11.3 Å². The summed E-state index contributed by atoms with van der Waals surface area (Å²) in [4.78, 5) is 7.45. The first-order valence-electron chi connectivity index (χ1n) is 7.43. The van der Waals surface area contributed by atoms with Crippen LogP contribution in [0.25, 0.3) is 0 Å². The Bertz CT molecular complexity index is 642. The van der Waals surface area contributed by atoms with Gasteiger partial charge in [0.1, 0.15) is 5.82 Å². The van der Waals surface area contributed by atoms with Gasteiger partial charge in [-0.2, -0.15) is 0 Å². The third kappa shape index (κ3) is 6.52. The largest absolute Gasteiger partial charge is 0.574 e. The quantitative estimate of drug-likeness (QED) is 0.695. The van der Waals surface area contributed by atoms with E-state index in [4.69, 9.17) is 0 Å². The monoisotopic (exact) mass is 344 g/mol. The number of ether oxygens (including phenoxy) is 1. The molecule has 0 aromatic carbocycles. The standard InChI is InChI=1S/C9H10F3NO.C8H10FN/c1-6(2)7-4-3-5-13-8(7)14-9(10,11)12;1-6(2)8-7(9)4-3-5-10-8/h3-6H,1-2H3;3-6H,1-2H3. The molecule has 0 aliphatic rings. The van der Waals surface area contributed by atoms with Crippen molar-refractivity contribution >= 4 is 0 Å². The molecule has 0 spiro atoms. The molecule has 24 heavy (non-hydrogen) atoms. The van der Waals surface area contributed by atoms with E-state index in [9.17, 15) is 17.6 Å². The first kappa shape index (κ1) is 19.9. The zero-order valence-electron chi connectivity index (χ0n) is 13.9. The van der Waals surface area contributed by atoms with Crippen LogP contribution in [0.2, 0.25) is 0 Å². The third-order valence-corrected chi connectivity index (χ3v) is 2.97. The summed E-state index contributed by atoms with van der Waals surface area (Å²) in [7, 11) is 0. The van der Waals surface area contributed by atoms with Gasteiger partial charge in [0.05, 0.1) is 5.69 Å². The molecule has 0 N–H and O–H groups in total. The summed E-state index contributed by atoms with van der Waals surface area (Å²) in [6.45, 7) is 7.40. The zero-order chi connectivity index (χ0) is 18.3. The van der Waals surface area contributed by atoms with E-state index in [2.05, 4.69) is 14.7 Å². The van der Waals surface area contributed by atoms with Crippen molar-refractivity contribution in [2.24, 2.45) is 0 Å². The Hall–Kier alpha value is -2.18. The van der Waals surface area contributed by atoms with Gasteiger partial charge in [0.15, 0.2) is 0 Å². The van der Waals surface area contributed by atoms with Crippen molar-refractivity contribution in [2.75, 3.05) is 0 Å². The van der Waals surface area contributed by atoms with Crippen molar-refractivity contribution in [3.8, 4) is 5.88 Å². The topological polar surface area (TPSA) is 35.0 Å². The van der Waals surface area contributed by atoms with Crippen molar-refractivity contribution in [1.29, 1.82) is 0 Å². The van der Waals surface area contributed by atoms with Gasteiger partial charge in [-0.05, 0) is 30.0 Å². The van der Waals surface area contributed by atoms with E-state index < -0.39 is 6.36 Å². The second-order valence-corrected chi connectivity index (χ2v) is 5.63. The van der Waals surface area contributed by atoms with E-state index in [1.165, 1.54) is 12.3 Å². The van der Waals surface area contributed by atoms with Crippen LogP contribution in [0.4, 0.5) is 17.6 Å². The normalized spacial score (nSPS) is 11.2. The molecule has 0 bridgehead atoms. The molecule has 7 heteroatoms. The Morgan fingerprint density at radius 3 is 1.96 bits per heavy atom. The van der Waals surface area contributed by atoms with E-state index >= 15 is 0 Å². The highest BCUT2D eigenvalue weighted by Crippen LogP contribution is 2.28. The molecule has 0 radical (unpaired) electrons. The van der Waals surface area contributed by atoms with Crippen LogP contribution in [0.1, 0.15) is 50.8 Å². The van der Waals surface area contributed by atoms with Gasteiger partial charge in [0.25, 0.3) is 0 Å². The molecule has 2 heterocycles. The van der Waals surface area contributed by atoms with Crippen LogP contribution in [0.3, 0.4) is 0 Å². The first-order chi connectivity index (χ1) is 11.1. The molecule has 0 saturated carbocycles. The third-order valence-electron chi connectivity index (χ3n) is 2.97. The summed E-state index contributed by atoms with van der Waals surface area (Å²) in [6, 6.07) is 6.18. The van der Waals surface area contributed by atoms with Crippen LogP contribution in [0.5, 0.6) is 5.88 Å². The van der Waals surface area contributed by atoms with Crippen LogP contribution >= 0.6 is 0 Å². The van der Waals surface area contributed by atoms with Crippen molar-refractivity contribution < 1.29 is 22.3 Å². The second-order valence-electron chi connectivity index (χ2n) is 5.63. The molecule has 0 atom stereocenters. The summed E-state index contributed by atoms with van der Waals surface area (Å²) in [5.41, 5.74) is 0.993. The van der Waals surface area contributed by atoms with Crippen molar-refractivity contribution in [3.63, 3.8) is 0 Å². The van der Waals surface area contributed by atoms with Gasteiger partial charge in [0, 0.05) is 18.0 Å². The average Bonchev–Trinajstić information content (AvgIpc) is 2.46. The fraction of sp³-hybridized carbons (Fsp3) is 0.412. The van der Waals surface area contributed by atoms with Crippen LogP contribution in [-0.4, -0.2) is 16.3 Å². The van der Waals surface area contributed by atoms with Crippen molar-refractivity contribution in [2.45, 2.75) is 45.9 Å². The number of nitrogens with zero attached hydrogens (tertiary/aromatic N) is 2. The minimum atomic E-state index is -4.68. The highest BCUT2D eigenvalue weighted by molar-refractivity contribution is 5.28. The lowest BCUT2D eigenvalue weighted by Crippen LogP contribution is -2.19. The molecule has 0 unspecified atom stereocenters. The smallest absolute Gasteiger partial charge is 0.388 e. The molecule has 0 aliphatic heterocycles. The SMILES string of the molecule is CC(C)c1cccnc1OC(F)(F)F.CC(C)c1ncccc1F. The maximum Gasteiger partial charge on any atom is 0.574 e. The van der Waals surface area contributed by atoms with Gasteiger partial charge in [-0.25, -0.2) is 9.37 Å². The fourth-order valence-electron chi connectivity index (χ4n) is 1.86. The summed E-state index contributed by atoms with van der Waals surface area (Å²) in [5.74, 6) is -0.463.